The summed E-state index contributed by atoms with van der Waals surface area (Å²) in [6, 6.07) is 11.4. The Morgan fingerprint density at radius 3 is 2.72 bits per heavy atom. The molecule has 18 heavy (non-hydrogen) atoms. The van der Waals surface area contributed by atoms with E-state index in [4.69, 9.17) is 0 Å². The van der Waals surface area contributed by atoms with Gasteiger partial charge in [0.05, 0.1) is 12.6 Å². The Hall–Kier alpha value is -0.900. The van der Waals surface area contributed by atoms with Crippen molar-refractivity contribution in [1.82, 2.24) is 10.2 Å². The Kier molecular flexibility index (Phi) is 4.75. The average molecular weight is 248 g/mol. The Morgan fingerprint density at radius 1 is 1.39 bits per heavy atom. The van der Waals surface area contributed by atoms with Gasteiger partial charge in [-0.1, -0.05) is 30.3 Å². The van der Waals surface area contributed by atoms with Crippen molar-refractivity contribution in [2.24, 2.45) is 0 Å². The van der Waals surface area contributed by atoms with Crippen molar-refractivity contribution < 1.29 is 5.11 Å². The summed E-state index contributed by atoms with van der Waals surface area (Å²) in [5.74, 6) is 0. The van der Waals surface area contributed by atoms with Gasteiger partial charge in [0, 0.05) is 12.1 Å². The number of piperidine rings is 1. The lowest BCUT2D eigenvalue weighted by molar-refractivity contribution is 0.149. The molecule has 1 aromatic rings. The molecule has 3 heteroatoms. The molecule has 0 aromatic heterocycles. The van der Waals surface area contributed by atoms with Crippen LogP contribution >= 0.6 is 0 Å². The third-order valence-corrected chi connectivity index (χ3v) is 4.03. The van der Waals surface area contributed by atoms with Crippen molar-refractivity contribution in [1.29, 1.82) is 0 Å². The first kappa shape index (κ1) is 13.5. The van der Waals surface area contributed by atoms with Crippen LogP contribution in [0.2, 0.25) is 0 Å². The van der Waals surface area contributed by atoms with E-state index < -0.39 is 0 Å². The maximum atomic E-state index is 9.56. The highest BCUT2D eigenvalue weighted by atomic mass is 16.3. The van der Waals surface area contributed by atoms with E-state index in [0.29, 0.717) is 12.1 Å². The molecule has 2 N–H and O–H groups in total. The molecule has 3 atom stereocenters. The SMILES string of the molecule is CC1CC(N[C@@H](CO)c2ccccc2)CCN1C. The van der Waals surface area contributed by atoms with Crippen molar-refractivity contribution in [2.45, 2.75) is 37.9 Å². The number of aliphatic hydroxyl groups is 1. The van der Waals surface area contributed by atoms with Gasteiger partial charge in [-0.15, -0.1) is 0 Å². The number of hydrogen-bond donors (Lipinski definition) is 2. The Morgan fingerprint density at radius 2 is 2.11 bits per heavy atom. The van der Waals surface area contributed by atoms with E-state index in [1.165, 1.54) is 5.56 Å². The fraction of sp³-hybridized carbons (Fsp3) is 0.600. The molecule has 1 aliphatic rings. The molecule has 0 amide bonds. The Labute approximate surface area is 110 Å². The maximum Gasteiger partial charge on any atom is 0.0626 e. The molecule has 1 aromatic carbocycles. The number of hydrogen-bond acceptors (Lipinski definition) is 3. The fourth-order valence-electron chi connectivity index (χ4n) is 2.66. The largest absolute Gasteiger partial charge is 0.394 e. The van der Waals surface area contributed by atoms with Gasteiger partial charge in [0.1, 0.15) is 0 Å². The predicted molar refractivity (Wildman–Crippen MR) is 74.5 cm³/mol. The monoisotopic (exact) mass is 248 g/mol. The number of rotatable bonds is 4. The van der Waals surface area contributed by atoms with Crippen LogP contribution in [0.5, 0.6) is 0 Å². The van der Waals surface area contributed by atoms with E-state index in [0.717, 1.165) is 19.4 Å². The third kappa shape index (κ3) is 3.31. The summed E-state index contributed by atoms with van der Waals surface area (Å²) in [7, 11) is 2.18. The lowest BCUT2D eigenvalue weighted by Crippen LogP contribution is -2.47. The molecule has 2 rings (SSSR count). The second kappa shape index (κ2) is 6.32. The van der Waals surface area contributed by atoms with Gasteiger partial charge in [-0.05, 0) is 38.9 Å². The van der Waals surface area contributed by atoms with E-state index in [-0.39, 0.29) is 12.6 Å². The predicted octanol–water partition coefficient (Wildman–Crippen LogP) is 1.79. The number of nitrogens with zero attached hydrogens (tertiary/aromatic N) is 1. The first-order valence-electron chi connectivity index (χ1n) is 6.82. The number of nitrogens with one attached hydrogen (secondary N) is 1. The van der Waals surface area contributed by atoms with Gasteiger partial charge in [-0.3, -0.25) is 0 Å². The molecule has 1 aliphatic heterocycles. The van der Waals surface area contributed by atoms with Crippen LogP contribution < -0.4 is 5.32 Å². The third-order valence-electron chi connectivity index (χ3n) is 4.03. The van der Waals surface area contributed by atoms with Crippen LogP contribution in [-0.4, -0.2) is 42.3 Å². The zero-order valence-electron chi connectivity index (χ0n) is 11.3. The fourth-order valence-corrected chi connectivity index (χ4v) is 2.66. The topological polar surface area (TPSA) is 35.5 Å². The van der Waals surface area contributed by atoms with Crippen molar-refractivity contribution in [3.63, 3.8) is 0 Å². The molecule has 0 bridgehead atoms. The normalized spacial score (nSPS) is 27.1. The van der Waals surface area contributed by atoms with Crippen LogP contribution in [0.4, 0.5) is 0 Å². The molecule has 3 nitrogen and oxygen atoms in total. The highest BCUT2D eigenvalue weighted by Gasteiger charge is 2.24. The summed E-state index contributed by atoms with van der Waals surface area (Å²) in [5, 5.41) is 13.2. The molecule has 1 saturated heterocycles. The van der Waals surface area contributed by atoms with E-state index in [1.807, 2.05) is 18.2 Å². The van der Waals surface area contributed by atoms with Crippen LogP contribution in [0.25, 0.3) is 0 Å². The van der Waals surface area contributed by atoms with Gasteiger partial charge in [-0.25, -0.2) is 0 Å². The van der Waals surface area contributed by atoms with Gasteiger partial charge in [0.15, 0.2) is 0 Å². The summed E-state index contributed by atoms with van der Waals surface area (Å²) in [5.41, 5.74) is 1.17. The molecule has 0 radical (unpaired) electrons. The zero-order valence-corrected chi connectivity index (χ0v) is 11.3. The van der Waals surface area contributed by atoms with Gasteiger partial charge >= 0.3 is 0 Å². The lowest BCUT2D eigenvalue weighted by atomic mass is 9.97. The summed E-state index contributed by atoms with van der Waals surface area (Å²) in [4.78, 5) is 2.40. The lowest BCUT2D eigenvalue weighted by Gasteiger charge is -2.37. The smallest absolute Gasteiger partial charge is 0.0626 e. The summed E-state index contributed by atoms with van der Waals surface area (Å²) < 4.78 is 0. The minimum Gasteiger partial charge on any atom is -0.394 e. The van der Waals surface area contributed by atoms with Crippen molar-refractivity contribution in [3.05, 3.63) is 35.9 Å². The van der Waals surface area contributed by atoms with E-state index in [2.05, 4.69) is 36.3 Å². The standard InChI is InChI=1S/C15H24N2O/c1-12-10-14(8-9-17(12)2)16-15(11-18)13-6-4-3-5-7-13/h3-7,12,14-16,18H,8-11H2,1-2H3/t12?,14?,15-/m0/s1. The second-order valence-corrected chi connectivity index (χ2v) is 5.36. The van der Waals surface area contributed by atoms with E-state index >= 15 is 0 Å². The second-order valence-electron chi connectivity index (χ2n) is 5.36. The molecular weight excluding hydrogens is 224 g/mol. The molecular formula is C15H24N2O. The molecule has 100 valence electrons. The van der Waals surface area contributed by atoms with Crippen molar-refractivity contribution >= 4 is 0 Å². The minimum atomic E-state index is 0.0619. The summed E-state index contributed by atoms with van der Waals surface area (Å²) in [6.45, 7) is 3.56. The summed E-state index contributed by atoms with van der Waals surface area (Å²) >= 11 is 0. The van der Waals surface area contributed by atoms with E-state index in [1.54, 1.807) is 0 Å². The van der Waals surface area contributed by atoms with Crippen LogP contribution in [-0.2, 0) is 0 Å². The van der Waals surface area contributed by atoms with Gasteiger partial charge in [0.2, 0.25) is 0 Å². The van der Waals surface area contributed by atoms with Gasteiger partial charge in [0.25, 0.3) is 0 Å². The Bertz CT molecular complexity index is 355. The first-order chi connectivity index (χ1) is 8.70. The van der Waals surface area contributed by atoms with Crippen LogP contribution in [0.1, 0.15) is 31.4 Å². The zero-order chi connectivity index (χ0) is 13.0. The number of aliphatic hydroxyl groups excluding tert-OH is 1. The van der Waals surface area contributed by atoms with Crippen molar-refractivity contribution in [3.8, 4) is 0 Å². The van der Waals surface area contributed by atoms with Crippen LogP contribution in [0.3, 0.4) is 0 Å². The molecule has 0 spiro atoms. The minimum absolute atomic E-state index is 0.0619. The number of benzene rings is 1. The molecule has 1 fully saturated rings. The van der Waals surface area contributed by atoms with Crippen LogP contribution in [0.15, 0.2) is 30.3 Å². The molecule has 2 unspecified atom stereocenters. The quantitative estimate of drug-likeness (QED) is 0.853. The molecule has 0 saturated carbocycles. The summed E-state index contributed by atoms with van der Waals surface area (Å²) in [6.07, 6.45) is 2.31. The first-order valence-corrected chi connectivity index (χ1v) is 6.82. The van der Waals surface area contributed by atoms with E-state index in [9.17, 15) is 5.11 Å². The molecule has 1 heterocycles. The van der Waals surface area contributed by atoms with Crippen LogP contribution in [0, 0.1) is 0 Å². The number of likely N-dealkylation sites (tertiary alicyclic amines) is 1. The molecule has 0 aliphatic carbocycles. The van der Waals surface area contributed by atoms with Crippen molar-refractivity contribution in [2.75, 3.05) is 20.2 Å². The highest BCUT2D eigenvalue weighted by molar-refractivity contribution is 5.19. The maximum absolute atomic E-state index is 9.56. The Balaban J connectivity index is 1.95. The van der Waals surface area contributed by atoms with Gasteiger partial charge < -0.3 is 15.3 Å². The average Bonchev–Trinajstić information content (AvgIpc) is 2.41. The highest BCUT2D eigenvalue weighted by Crippen LogP contribution is 2.19. The van der Waals surface area contributed by atoms with Gasteiger partial charge in [-0.2, -0.15) is 0 Å².